The molecule has 90 valence electrons. The van der Waals surface area contributed by atoms with Gasteiger partial charge < -0.3 is 9.64 Å². The summed E-state index contributed by atoms with van der Waals surface area (Å²) >= 11 is 0. The van der Waals surface area contributed by atoms with Gasteiger partial charge >= 0.3 is 5.97 Å². The minimum atomic E-state index is -0.464. The van der Waals surface area contributed by atoms with Gasteiger partial charge in [-0.3, -0.25) is 4.79 Å². The Bertz CT molecular complexity index is 464. The Morgan fingerprint density at radius 1 is 1.35 bits per heavy atom. The molecule has 0 spiro atoms. The summed E-state index contributed by atoms with van der Waals surface area (Å²) in [5.41, 5.74) is 1.53. The number of hydrogen-bond donors (Lipinski definition) is 0. The molecule has 0 aliphatic rings. The number of carbonyl (C=O) groups excluding carboxylic acids is 2. The largest absolute Gasteiger partial charge is 0.465 e. The van der Waals surface area contributed by atoms with Gasteiger partial charge in [0.2, 0.25) is 0 Å². The van der Waals surface area contributed by atoms with Crippen LogP contribution in [-0.2, 0) is 4.74 Å². The summed E-state index contributed by atoms with van der Waals surface area (Å²) in [4.78, 5) is 24.9. The summed E-state index contributed by atoms with van der Waals surface area (Å²) in [5.74, 6) is -0.687. The fourth-order valence-corrected chi connectivity index (χ4v) is 1.48. The number of ether oxygens (including phenoxy) is 1. The third-order valence-electron chi connectivity index (χ3n) is 2.35. The molecule has 1 rings (SSSR count). The zero-order valence-electron chi connectivity index (χ0n) is 10.2. The van der Waals surface area contributed by atoms with E-state index < -0.39 is 5.97 Å². The summed E-state index contributed by atoms with van der Waals surface area (Å²) < 4.78 is 4.62. The van der Waals surface area contributed by atoms with Crippen molar-refractivity contribution in [2.75, 3.05) is 26.1 Å². The Hall–Kier alpha value is -2.10. The van der Waals surface area contributed by atoms with Gasteiger partial charge in [0.15, 0.2) is 5.78 Å². The average Bonchev–Trinajstić information content (AvgIpc) is 2.35. The number of ketones is 1. The zero-order chi connectivity index (χ0) is 13.0. The van der Waals surface area contributed by atoms with Crippen molar-refractivity contribution in [2.45, 2.75) is 0 Å². The van der Waals surface area contributed by atoms with Crippen LogP contribution in [0.4, 0.5) is 5.69 Å². The molecule has 0 saturated heterocycles. The predicted octanol–water partition coefficient (Wildman–Crippen LogP) is 1.91. The number of hydrogen-bond acceptors (Lipinski definition) is 4. The molecule has 0 aliphatic carbocycles. The van der Waals surface area contributed by atoms with Crippen molar-refractivity contribution in [3.63, 3.8) is 0 Å². The van der Waals surface area contributed by atoms with Gasteiger partial charge in [-0.25, -0.2) is 4.79 Å². The van der Waals surface area contributed by atoms with Gasteiger partial charge in [-0.15, -0.1) is 0 Å². The van der Waals surface area contributed by atoms with Crippen molar-refractivity contribution in [2.24, 2.45) is 0 Å². The second-order valence-electron chi connectivity index (χ2n) is 3.69. The molecule has 0 unspecified atom stereocenters. The van der Waals surface area contributed by atoms with Crippen molar-refractivity contribution in [3.8, 4) is 0 Å². The van der Waals surface area contributed by atoms with E-state index in [1.54, 1.807) is 17.0 Å². The Labute approximate surface area is 100 Å². The van der Waals surface area contributed by atoms with E-state index in [-0.39, 0.29) is 5.78 Å². The third kappa shape index (κ3) is 2.72. The van der Waals surface area contributed by atoms with Crippen molar-refractivity contribution < 1.29 is 14.3 Å². The highest BCUT2D eigenvalue weighted by Crippen LogP contribution is 2.21. The fraction of sp³-hybridized carbons (Fsp3) is 0.231. The van der Waals surface area contributed by atoms with Gasteiger partial charge in [0.25, 0.3) is 0 Å². The van der Waals surface area contributed by atoms with Gasteiger partial charge in [-0.2, -0.15) is 0 Å². The van der Waals surface area contributed by atoms with Crippen LogP contribution in [0.2, 0.25) is 0 Å². The fourth-order valence-electron chi connectivity index (χ4n) is 1.48. The van der Waals surface area contributed by atoms with Gasteiger partial charge in [0.1, 0.15) is 0 Å². The minimum Gasteiger partial charge on any atom is -0.465 e. The molecule has 4 heteroatoms. The molecule has 0 bridgehead atoms. The van der Waals surface area contributed by atoms with Crippen LogP contribution in [0.1, 0.15) is 20.7 Å². The first-order valence-electron chi connectivity index (χ1n) is 5.07. The maximum Gasteiger partial charge on any atom is 0.337 e. The topological polar surface area (TPSA) is 46.6 Å². The van der Waals surface area contributed by atoms with E-state index in [4.69, 9.17) is 0 Å². The maximum absolute atomic E-state index is 11.7. The van der Waals surface area contributed by atoms with E-state index in [0.29, 0.717) is 11.1 Å². The zero-order valence-corrected chi connectivity index (χ0v) is 10.2. The van der Waals surface area contributed by atoms with Crippen LogP contribution < -0.4 is 4.90 Å². The van der Waals surface area contributed by atoms with Gasteiger partial charge in [-0.1, -0.05) is 6.58 Å². The highest BCUT2D eigenvalue weighted by Gasteiger charge is 2.14. The Morgan fingerprint density at radius 3 is 2.47 bits per heavy atom. The molecule has 1 aromatic rings. The Balaban J connectivity index is 3.33. The molecule has 4 nitrogen and oxygen atoms in total. The summed E-state index contributed by atoms with van der Waals surface area (Å²) in [6, 6.07) is 4.86. The van der Waals surface area contributed by atoms with Gasteiger partial charge in [-0.05, 0) is 24.3 Å². The summed E-state index contributed by atoms with van der Waals surface area (Å²) in [6.45, 7) is 3.45. The molecule has 1 aromatic carbocycles. The lowest BCUT2D eigenvalue weighted by molar-refractivity contribution is 0.0600. The molecule has 0 radical (unpaired) electrons. The lowest BCUT2D eigenvalue weighted by Gasteiger charge is -2.16. The van der Waals surface area contributed by atoms with E-state index in [1.165, 1.54) is 19.3 Å². The van der Waals surface area contributed by atoms with Gasteiger partial charge in [0, 0.05) is 25.3 Å². The molecule has 0 N–H and O–H groups in total. The van der Waals surface area contributed by atoms with E-state index in [0.717, 1.165) is 5.69 Å². The second-order valence-corrected chi connectivity index (χ2v) is 3.69. The lowest BCUT2D eigenvalue weighted by Crippen LogP contribution is -2.14. The molecule has 0 saturated carbocycles. The van der Waals surface area contributed by atoms with Crippen molar-refractivity contribution in [1.82, 2.24) is 0 Å². The SMILES string of the molecule is C=CC(=O)c1cc(C(=O)OC)ccc1N(C)C. The smallest absolute Gasteiger partial charge is 0.337 e. The number of benzene rings is 1. The molecule has 17 heavy (non-hydrogen) atoms. The first-order valence-corrected chi connectivity index (χ1v) is 5.07. The summed E-state index contributed by atoms with van der Waals surface area (Å²) in [6.07, 6.45) is 1.23. The molecule has 0 aromatic heterocycles. The lowest BCUT2D eigenvalue weighted by atomic mass is 10.0. The van der Waals surface area contributed by atoms with Crippen LogP contribution in [0, 0.1) is 0 Å². The third-order valence-corrected chi connectivity index (χ3v) is 2.35. The van der Waals surface area contributed by atoms with Crippen LogP contribution in [0.15, 0.2) is 30.9 Å². The molecule has 0 amide bonds. The molecule has 0 fully saturated rings. The number of carbonyl (C=O) groups is 2. The minimum absolute atomic E-state index is 0.223. The monoisotopic (exact) mass is 233 g/mol. The number of anilines is 1. The van der Waals surface area contributed by atoms with Crippen molar-refractivity contribution in [3.05, 3.63) is 42.0 Å². The normalized spacial score (nSPS) is 9.59. The van der Waals surface area contributed by atoms with Crippen LogP contribution in [0.5, 0.6) is 0 Å². The summed E-state index contributed by atoms with van der Waals surface area (Å²) in [7, 11) is 4.96. The molecule has 0 atom stereocenters. The van der Waals surface area contributed by atoms with E-state index in [1.807, 2.05) is 14.1 Å². The van der Waals surface area contributed by atoms with E-state index in [9.17, 15) is 9.59 Å². The number of nitrogens with zero attached hydrogens (tertiary/aromatic N) is 1. The highest BCUT2D eigenvalue weighted by molar-refractivity contribution is 6.09. The molecule has 0 heterocycles. The summed E-state index contributed by atoms with van der Waals surface area (Å²) in [5, 5.41) is 0. The van der Waals surface area contributed by atoms with Crippen molar-refractivity contribution >= 4 is 17.4 Å². The maximum atomic E-state index is 11.7. The molecular weight excluding hydrogens is 218 g/mol. The number of rotatable bonds is 4. The number of methoxy groups -OCH3 is 1. The van der Waals surface area contributed by atoms with Crippen LogP contribution in [0.25, 0.3) is 0 Å². The van der Waals surface area contributed by atoms with E-state index in [2.05, 4.69) is 11.3 Å². The average molecular weight is 233 g/mol. The quantitative estimate of drug-likeness (QED) is 0.453. The number of allylic oxidation sites excluding steroid dienone is 1. The standard InChI is InChI=1S/C13H15NO3/c1-5-12(15)10-8-9(13(16)17-4)6-7-11(10)14(2)3/h5-8H,1H2,2-4H3. The molecular formula is C13H15NO3. The Morgan fingerprint density at radius 2 is 2.00 bits per heavy atom. The predicted molar refractivity (Wildman–Crippen MR) is 66.6 cm³/mol. The van der Waals surface area contributed by atoms with Crippen LogP contribution in [0.3, 0.4) is 0 Å². The van der Waals surface area contributed by atoms with E-state index >= 15 is 0 Å². The first kappa shape index (κ1) is 13.0. The highest BCUT2D eigenvalue weighted by atomic mass is 16.5. The molecule has 0 aliphatic heterocycles. The second kappa shape index (κ2) is 5.30. The van der Waals surface area contributed by atoms with Crippen LogP contribution in [-0.4, -0.2) is 33.0 Å². The Kier molecular flexibility index (Phi) is 4.04. The van der Waals surface area contributed by atoms with Crippen LogP contribution >= 0.6 is 0 Å². The first-order chi connectivity index (χ1) is 8.01. The van der Waals surface area contributed by atoms with Crippen molar-refractivity contribution in [1.29, 1.82) is 0 Å². The number of esters is 1. The van der Waals surface area contributed by atoms with Gasteiger partial charge in [0.05, 0.1) is 12.7 Å².